The third kappa shape index (κ3) is 8.21. The van der Waals surface area contributed by atoms with Gasteiger partial charge >= 0.3 is 0 Å². The topological polar surface area (TPSA) is 49.4 Å². The Balaban J connectivity index is 1.98. The number of amides is 2. The van der Waals surface area contributed by atoms with Crippen molar-refractivity contribution in [3.63, 3.8) is 0 Å². The number of rotatable bonds is 10. The molecule has 0 fully saturated rings. The van der Waals surface area contributed by atoms with Crippen molar-refractivity contribution in [3.05, 3.63) is 64.1 Å². The Hall–Kier alpha value is -1.69. The fourth-order valence-electron chi connectivity index (χ4n) is 2.86. The zero-order valence-corrected chi connectivity index (χ0v) is 19.9. The van der Waals surface area contributed by atoms with Crippen molar-refractivity contribution in [2.45, 2.75) is 57.1 Å². The second-order valence-corrected chi connectivity index (χ2v) is 9.43. The molecular formula is C23H28Cl2N2O2S. The normalized spacial score (nSPS) is 11.9. The number of thioether (sulfide) groups is 1. The van der Waals surface area contributed by atoms with Gasteiger partial charge in [0.25, 0.3) is 0 Å². The van der Waals surface area contributed by atoms with E-state index in [1.54, 1.807) is 35.7 Å². The van der Waals surface area contributed by atoms with E-state index < -0.39 is 6.04 Å². The quantitative estimate of drug-likeness (QED) is 0.355. The van der Waals surface area contributed by atoms with E-state index in [0.29, 0.717) is 23.0 Å². The summed E-state index contributed by atoms with van der Waals surface area (Å²) in [6.07, 6.45) is 1.11. The van der Waals surface area contributed by atoms with Crippen LogP contribution in [-0.2, 0) is 16.1 Å². The molecule has 2 rings (SSSR count). The Bertz CT molecular complexity index is 826. The Morgan fingerprint density at radius 3 is 2.10 bits per heavy atom. The van der Waals surface area contributed by atoms with Gasteiger partial charge in [0.15, 0.2) is 0 Å². The average molecular weight is 467 g/mol. The van der Waals surface area contributed by atoms with E-state index in [0.717, 1.165) is 22.6 Å². The van der Waals surface area contributed by atoms with E-state index >= 15 is 0 Å². The molecule has 0 aliphatic carbocycles. The minimum absolute atomic E-state index is 0.0169. The highest BCUT2D eigenvalue weighted by atomic mass is 35.5. The van der Waals surface area contributed by atoms with E-state index in [4.69, 9.17) is 23.2 Å². The van der Waals surface area contributed by atoms with Crippen molar-refractivity contribution in [1.29, 1.82) is 0 Å². The molecule has 7 heteroatoms. The van der Waals surface area contributed by atoms with E-state index in [9.17, 15) is 9.59 Å². The molecule has 2 aromatic rings. The van der Waals surface area contributed by atoms with Crippen molar-refractivity contribution in [2.75, 3.05) is 5.75 Å². The Labute approximate surface area is 193 Å². The van der Waals surface area contributed by atoms with Crippen molar-refractivity contribution in [3.8, 4) is 0 Å². The fraction of sp³-hybridized carbons (Fsp3) is 0.391. The number of nitrogens with one attached hydrogen (secondary N) is 1. The third-order valence-corrected chi connectivity index (χ3v) is 6.08. The van der Waals surface area contributed by atoms with Gasteiger partial charge in [0.05, 0.1) is 0 Å². The van der Waals surface area contributed by atoms with Gasteiger partial charge in [-0.05, 0) is 74.9 Å². The first-order valence-corrected chi connectivity index (χ1v) is 11.7. The van der Waals surface area contributed by atoms with Gasteiger partial charge in [-0.3, -0.25) is 9.59 Å². The molecule has 0 aliphatic rings. The molecule has 162 valence electrons. The number of hydrogen-bond donors (Lipinski definition) is 1. The van der Waals surface area contributed by atoms with E-state index in [1.165, 1.54) is 0 Å². The lowest BCUT2D eigenvalue weighted by molar-refractivity contribution is -0.140. The minimum Gasteiger partial charge on any atom is -0.352 e. The molecule has 1 N–H and O–H groups in total. The molecule has 0 aliphatic heterocycles. The van der Waals surface area contributed by atoms with Crippen molar-refractivity contribution in [2.24, 2.45) is 0 Å². The predicted octanol–water partition coefficient (Wildman–Crippen LogP) is 5.81. The van der Waals surface area contributed by atoms with Gasteiger partial charge in [0, 0.05) is 33.9 Å². The smallest absolute Gasteiger partial charge is 0.242 e. The van der Waals surface area contributed by atoms with Gasteiger partial charge in [0.2, 0.25) is 11.8 Å². The van der Waals surface area contributed by atoms with Gasteiger partial charge in [-0.15, -0.1) is 11.8 Å². The molecule has 0 aromatic heterocycles. The van der Waals surface area contributed by atoms with Crippen LogP contribution < -0.4 is 5.32 Å². The summed E-state index contributed by atoms with van der Waals surface area (Å²) in [6, 6.07) is 14.5. The summed E-state index contributed by atoms with van der Waals surface area (Å²) in [5.74, 6) is 0.630. The first-order valence-electron chi connectivity index (χ1n) is 9.99. The van der Waals surface area contributed by atoms with Gasteiger partial charge in [-0.2, -0.15) is 0 Å². The molecule has 0 heterocycles. The van der Waals surface area contributed by atoms with Crippen LogP contribution in [0.3, 0.4) is 0 Å². The molecule has 1 atom stereocenters. The van der Waals surface area contributed by atoms with E-state index in [-0.39, 0.29) is 17.9 Å². The Morgan fingerprint density at radius 1 is 0.967 bits per heavy atom. The lowest BCUT2D eigenvalue weighted by Crippen LogP contribution is -2.49. The lowest BCUT2D eigenvalue weighted by atomic mass is 10.1. The van der Waals surface area contributed by atoms with Crippen LogP contribution in [-0.4, -0.2) is 34.6 Å². The monoisotopic (exact) mass is 466 g/mol. The number of hydrogen-bond acceptors (Lipinski definition) is 3. The van der Waals surface area contributed by atoms with Gasteiger partial charge in [0.1, 0.15) is 6.04 Å². The molecular weight excluding hydrogens is 439 g/mol. The lowest BCUT2D eigenvalue weighted by Gasteiger charge is -2.29. The van der Waals surface area contributed by atoms with Crippen LogP contribution >= 0.6 is 35.0 Å². The van der Waals surface area contributed by atoms with Crippen molar-refractivity contribution >= 4 is 46.8 Å². The SMILES string of the molecule is CC(C)NC(=O)[C@H](C)N(Cc1ccc(Cl)cc1)C(=O)CCCSc1ccc(Cl)cc1. The van der Waals surface area contributed by atoms with E-state index in [1.807, 2.05) is 50.2 Å². The number of carbonyl (C=O) groups excluding carboxylic acids is 2. The molecule has 30 heavy (non-hydrogen) atoms. The van der Waals surface area contributed by atoms with Crippen LogP contribution in [0.5, 0.6) is 0 Å². The maximum absolute atomic E-state index is 13.0. The second-order valence-electron chi connectivity index (χ2n) is 7.39. The average Bonchev–Trinajstić information content (AvgIpc) is 2.71. The van der Waals surface area contributed by atoms with Gasteiger partial charge in [-0.25, -0.2) is 0 Å². The highest BCUT2D eigenvalue weighted by Gasteiger charge is 2.26. The largest absolute Gasteiger partial charge is 0.352 e. The first-order chi connectivity index (χ1) is 14.3. The molecule has 4 nitrogen and oxygen atoms in total. The summed E-state index contributed by atoms with van der Waals surface area (Å²) < 4.78 is 0. The molecule has 0 saturated carbocycles. The van der Waals surface area contributed by atoms with Crippen LogP contribution in [0.15, 0.2) is 53.4 Å². The molecule has 0 spiro atoms. The summed E-state index contributed by atoms with van der Waals surface area (Å²) >= 11 is 13.6. The van der Waals surface area contributed by atoms with Crippen LogP contribution in [0.1, 0.15) is 39.2 Å². The Kier molecular flexibility index (Phi) is 10.0. The zero-order valence-electron chi connectivity index (χ0n) is 17.5. The number of nitrogens with zero attached hydrogens (tertiary/aromatic N) is 1. The molecule has 0 radical (unpaired) electrons. The maximum atomic E-state index is 13.0. The maximum Gasteiger partial charge on any atom is 0.242 e. The summed E-state index contributed by atoms with van der Waals surface area (Å²) in [5, 5.41) is 4.25. The molecule has 0 unspecified atom stereocenters. The molecule has 2 amide bonds. The van der Waals surface area contributed by atoms with Crippen LogP contribution in [0, 0.1) is 0 Å². The van der Waals surface area contributed by atoms with E-state index in [2.05, 4.69) is 5.32 Å². The van der Waals surface area contributed by atoms with Crippen LogP contribution in [0.4, 0.5) is 0 Å². The van der Waals surface area contributed by atoms with Crippen molar-refractivity contribution < 1.29 is 9.59 Å². The fourth-order valence-corrected chi connectivity index (χ4v) is 3.97. The zero-order chi connectivity index (χ0) is 22.1. The van der Waals surface area contributed by atoms with Crippen molar-refractivity contribution in [1.82, 2.24) is 10.2 Å². The highest BCUT2D eigenvalue weighted by molar-refractivity contribution is 7.99. The van der Waals surface area contributed by atoms with Gasteiger partial charge in [-0.1, -0.05) is 35.3 Å². The van der Waals surface area contributed by atoms with Crippen LogP contribution in [0.2, 0.25) is 10.0 Å². The van der Waals surface area contributed by atoms with Crippen LogP contribution in [0.25, 0.3) is 0 Å². The summed E-state index contributed by atoms with van der Waals surface area (Å²) in [4.78, 5) is 28.3. The molecule has 0 saturated heterocycles. The number of carbonyl (C=O) groups is 2. The standard InChI is InChI=1S/C23H28Cl2N2O2S/c1-16(2)26-23(29)17(3)27(15-18-6-8-19(24)9-7-18)22(28)5-4-14-30-21-12-10-20(25)11-13-21/h6-13,16-17H,4-5,14-15H2,1-3H3,(H,26,29)/t17-/m0/s1. The Morgan fingerprint density at radius 2 is 1.53 bits per heavy atom. The summed E-state index contributed by atoms with van der Waals surface area (Å²) in [7, 11) is 0. The number of benzene rings is 2. The molecule has 0 bridgehead atoms. The minimum atomic E-state index is -0.556. The predicted molar refractivity (Wildman–Crippen MR) is 126 cm³/mol. The second kappa shape index (κ2) is 12.2. The third-order valence-electron chi connectivity index (χ3n) is 4.48. The highest BCUT2D eigenvalue weighted by Crippen LogP contribution is 2.22. The first kappa shape index (κ1) is 24.6. The van der Waals surface area contributed by atoms with Gasteiger partial charge < -0.3 is 10.2 Å². The summed E-state index contributed by atoms with van der Waals surface area (Å²) in [5.41, 5.74) is 0.937. The summed E-state index contributed by atoms with van der Waals surface area (Å²) in [6.45, 7) is 5.95. The number of halogens is 2. The molecule has 2 aromatic carbocycles.